The maximum absolute atomic E-state index is 11.9. The minimum atomic E-state index is -0.158. The van der Waals surface area contributed by atoms with E-state index in [9.17, 15) is 4.79 Å². The second-order valence-electron chi connectivity index (χ2n) is 4.21. The largest absolute Gasteiger partial charge is 0.384 e. The van der Waals surface area contributed by atoms with Gasteiger partial charge in [-0.25, -0.2) is 0 Å². The first-order valence-electron chi connectivity index (χ1n) is 6.31. The van der Waals surface area contributed by atoms with Gasteiger partial charge in [-0.05, 0) is 29.8 Å². The monoisotopic (exact) mass is 265 g/mol. The summed E-state index contributed by atoms with van der Waals surface area (Å²) in [6.07, 6.45) is 0. The van der Waals surface area contributed by atoms with Gasteiger partial charge in [0.1, 0.15) is 6.61 Å². The molecule has 0 aromatic heterocycles. The number of nitrogens with one attached hydrogen (secondary N) is 1. The third kappa shape index (κ3) is 3.98. The predicted molar refractivity (Wildman–Crippen MR) is 78.0 cm³/mol. The third-order valence-electron chi connectivity index (χ3n) is 2.73. The SMILES string of the molecule is O=C(NCc1cccc(C#CCO)c1)c1ccccc1. The van der Waals surface area contributed by atoms with Crippen molar-refractivity contribution in [1.82, 2.24) is 5.32 Å². The van der Waals surface area contributed by atoms with Gasteiger partial charge in [-0.1, -0.05) is 42.2 Å². The van der Waals surface area contributed by atoms with Crippen molar-refractivity contribution in [2.75, 3.05) is 6.61 Å². The summed E-state index contributed by atoms with van der Waals surface area (Å²) in [5.74, 6) is 5.34. The van der Waals surface area contributed by atoms with Crippen LogP contribution in [0.3, 0.4) is 0 Å². The molecule has 3 nitrogen and oxygen atoms in total. The summed E-state index contributed by atoms with van der Waals surface area (Å²) < 4.78 is 0. The molecule has 0 aliphatic carbocycles. The summed E-state index contributed by atoms with van der Waals surface area (Å²) in [6, 6.07) is 16.7. The Morgan fingerprint density at radius 3 is 2.65 bits per heavy atom. The fourth-order valence-electron chi connectivity index (χ4n) is 1.77. The highest BCUT2D eigenvalue weighted by molar-refractivity contribution is 5.94. The molecule has 0 fully saturated rings. The van der Waals surface area contributed by atoms with E-state index in [0.717, 1.165) is 11.1 Å². The third-order valence-corrected chi connectivity index (χ3v) is 2.73. The second-order valence-corrected chi connectivity index (χ2v) is 4.21. The first-order chi connectivity index (χ1) is 9.79. The lowest BCUT2D eigenvalue weighted by molar-refractivity contribution is 0.0951. The Bertz CT molecular complexity index is 639. The Balaban J connectivity index is 1.99. The molecule has 0 aliphatic heterocycles. The highest BCUT2D eigenvalue weighted by Crippen LogP contribution is 2.05. The van der Waals surface area contributed by atoms with Crippen LogP contribution in [0.2, 0.25) is 0 Å². The maximum atomic E-state index is 11.9. The minimum absolute atomic E-state index is 0.0996. The summed E-state index contributed by atoms with van der Waals surface area (Å²) in [5, 5.41) is 11.5. The molecule has 0 atom stereocenters. The Kier molecular flexibility index (Phi) is 4.94. The average Bonchev–Trinajstić information content (AvgIpc) is 2.52. The van der Waals surface area contributed by atoms with Crippen LogP contribution in [0.25, 0.3) is 0 Å². The summed E-state index contributed by atoms with van der Waals surface area (Å²) in [4.78, 5) is 11.9. The van der Waals surface area contributed by atoms with Crippen LogP contribution in [-0.4, -0.2) is 17.6 Å². The van der Waals surface area contributed by atoms with Gasteiger partial charge in [0.15, 0.2) is 0 Å². The lowest BCUT2D eigenvalue weighted by Gasteiger charge is -2.05. The number of amides is 1. The van der Waals surface area contributed by atoms with Crippen LogP contribution in [0.4, 0.5) is 0 Å². The van der Waals surface area contributed by atoms with Crippen molar-refractivity contribution in [3.63, 3.8) is 0 Å². The van der Waals surface area contributed by atoms with Crippen molar-refractivity contribution < 1.29 is 9.90 Å². The smallest absolute Gasteiger partial charge is 0.251 e. The molecule has 0 aliphatic rings. The highest BCUT2D eigenvalue weighted by Gasteiger charge is 2.03. The van der Waals surface area contributed by atoms with Gasteiger partial charge in [0.25, 0.3) is 5.91 Å². The van der Waals surface area contributed by atoms with Crippen LogP contribution < -0.4 is 5.32 Å². The molecule has 0 unspecified atom stereocenters. The zero-order valence-electron chi connectivity index (χ0n) is 11.0. The van der Waals surface area contributed by atoms with Gasteiger partial charge in [-0.2, -0.15) is 0 Å². The Morgan fingerprint density at radius 1 is 1.10 bits per heavy atom. The van der Waals surface area contributed by atoms with E-state index in [1.54, 1.807) is 12.1 Å². The fourth-order valence-corrected chi connectivity index (χ4v) is 1.77. The molecular formula is C17H15NO2. The zero-order valence-corrected chi connectivity index (χ0v) is 11.0. The molecule has 3 heteroatoms. The molecule has 20 heavy (non-hydrogen) atoms. The molecule has 2 aromatic rings. The standard InChI is InChI=1S/C17H15NO2/c19-11-5-8-14-6-4-7-15(12-14)13-18-17(20)16-9-2-1-3-10-16/h1-4,6-7,9-10,12,19H,11,13H2,(H,18,20). The normalized spacial score (nSPS) is 9.45. The summed E-state index contributed by atoms with van der Waals surface area (Å²) in [6.45, 7) is 0.289. The van der Waals surface area contributed by atoms with Gasteiger partial charge < -0.3 is 10.4 Å². The van der Waals surface area contributed by atoms with Crippen LogP contribution in [-0.2, 0) is 6.54 Å². The van der Waals surface area contributed by atoms with Crippen molar-refractivity contribution in [3.05, 3.63) is 71.3 Å². The van der Waals surface area contributed by atoms with Gasteiger partial charge >= 0.3 is 0 Å². The second kappa shape index (κ2) is 7.13. The van der Waals surface area contributed by atoms with Crippen LogP contribution in [0.5, 0.6) is 0 Å². The van der Waals surface area contributed by atoms with E-state index in [1.807, 2.05) is 42.5 Å². The Morgan fingerprint density at radius 2 is 1.90 bits per heavy atom. The number of carbonyl (C=O) groups is 1. The molecule has 0 saturated carbocycles. The minimum Gasteiger partial charge on any atom is -0.384 e. The molecule has 0 saturated heterocycles. The number of rotatable bonds is 3. The van der Waals surface area contributed by atoms with Crippen molar-refractivity contribution in [3.8, 4) is 11.8 Å². The molecule has 1 amide bonds. The summed E-state index contributed by atoms with van der Waals surface area (Å²) in [7, 11) is 0. The number of aliphatic hydroxyl groups is 1. The molecular weight excluding hydrogens is 250 g/mol. The van der Waals surface area contributed by atoms with E-state index < -0.39 is 0 Å². The first kappa shape index (κ1) is 13.9. The quantitative estimate of drug-likeness (QED) is 0.833. The zero-order chi connectivity index (χ0) is 14.2. The maximum Gasteiger partial charge on any atom is 0.251 e. The number of hydrogen-bond acceptors (Lipinski definition) is 2. The fraction of sp³-hybridized carbons (Fsp3) is 0.118. The highest BCUT2D eigenvalue weighted by atomic mass is 16.2. The van der Waals surface area contributed by atoms with Gasteiger partial charge in [0.2, 0.25) is 0 Å². The van der Waals surface area contributed by atoms with Crippen LogP contribution in [0.1, 0.15) is 21.5 Å². The van der Waals surface area contributed by atoms with E-state index in [-0.39, 0.29) is 12.5 Å². The molecule has 100 valence electrons. The number of carbonyl (C=O) groups excluding carboxylic acids is 1. The molecule has 2 aromatic carbocycles. The van der Waals surface area contributed by atoms with E-state index >= 15 is 0 Å². The predicted octanol–water partition coefficient (Wildman–Crippen LogP) is 1.96. The van der Waals surface area contributed by atoms with Gasteiger partial charge in [-0.15, -0.1) is 0 Å². The van der Waals surface area contributed by atoms with Gasteiger partial charge in [0, 0.05) is 17.7 Å². The Labute approximate surface area is 118 Å². The number of benzene rings is 2. The van der Waals surface area contributed by atoms with E-state index in [4.69, 9.17) is 5.11 Å². The van der Waals surface area contributed by atoms with Crippen molar-refractivity contribution in [2.24, 2.45) is 0 Å². The summed E-state index contributed by atoms with van der Waals surface area (Å²) in [5.41, 5.74) is 2.44. The van der Waals surface area contributed by atoms with Gasteiger partial charge in [0.05, 0.1) is 0 Å². The molecule has 2 N–H and O–H groups in total. The first-order valence-corrected chi connectivity index (χ1v) is 6.31. The van der Waals surface area contributed by atoms with Gasteiger partial charge in [-0.3, -0.25) is 4.79 Å². The number of aliphatic hydroxyl groups excluding tert-OH is 1. The van der Waals surface area contributed by atoms with E-state index in [1.165, 1.54) is 0 Å². The van der Waals surface area contributed by atoms with Crippen LogP contribution in [0, 0.1) is 11.8 Å². The van der Waals surface area contributed by atoms with Crippen molar-refractivity contribution >= 4 is 5.91 Å². The van der Waals surface area contributed by atoms with E-state index in [0.29, 0.717) is 12.1 Å². The van der Waals surface area contributed by atoms with Crippen LogP contribution in [0.15, 0.2) is 54.6 Å². The van der Waals surface area contributed by atoms with E-state index in [2.05, 4.69) is 17.2 Å². The summed E-state index contributed by atoms with van der Waals surface area (Å²) >= 11 is 0. The van der Waals surface area contributed by atoms with Crippen LogP contribution >= 0.6 is 0 Å². The lowest BCUT2D eigenvalue weighted by Crippen LogP contribution is -2.22. The molecule has 0 radical (unpaired) electrons. The topological polar surface area (TPSA) is 49.3 Å². The van der Waals surface area contributed by atoms with Crippen molar-refractivity contribution in [2.45, 2.75) is 6.54 Å². The lowest BCUT2D eigenvalue weighted by atomic mass is 10.1. The molecule has 0 spiro atoms. The molecule has 0 heterocycles. The molecule has 2 rings (SSSR count). The average molecular weight is 265 g/mol. The molecule has 0 bridgehead atoms. The Hall–Kier alpha value is -2.57. The van der Waals surface area contributed by atoms with Crippen molar-refractivity contribution in [1.29, 1.82) is 0 Å². The number of hydrogen-bond donors (Lipinski definition) is 2.